The topological polar surface area (TPSA) is 110 Å². The van der Waals surface area contributed by atoms with Gasteiger partial charge in [-0.05, 0) is 48.0 Å². The van der Waals surface area contributed by atoms with E-state index >= 15 is 0 Å². The third-order valence-electron chi connectivity index (χ3n) is 5.45. The molecule has 1 N–H and O–H groups in total. The Morgan fingerprint density at radius 1 is 1.12 bits per heavy atom. The number of hydrazone groups is 1. The van der Waals surface area contributed by atoms with E-state index in [1.54, 1.807) is 43.7 Å². The van der Waals surface area contributed by atoms with Crippen LogP contribution >= 0.6 is 0 Å². The minimum Gasteiger partial charge on any atom is -0.497 e. The van der Waals surface area contributed by atoms with Crippen molar-refractivity contribution in [3.8, 4) is 5.75 Å². The lowest BCUT2D eigenvalue weighted by Crippen LogP contribution is -2.31. The van der Waals surface area contributed by atoms with Gasteiger partial charge in [-0.2, -0.15) is 10.2 Å². The van der Waals surface area contributed by atoms with Gasteiger partial charge in [0.2, 0.25) is 0 Å². The number of amides is 1. The Labute approximate surface area is 188 Å². The Balaban J connectivity index is 1.34. The second-order valence-corrected chi connectivity index (χ2v) is 7.44. The first-order chi connectivity index (χ1) is 16.1. The molecular weight excluding hydrogens is 424 g/mol. The maximum Gasteiger partial charge on any atom is 0.359 e. The van der Waals surface area contributed by atoms with Gasteiger partial charge in [0.15, 0.2) is 12.3 Å². The van der Waals surface area contributed by atoms with Crippen LogP contribution in [0.3, 0.4) is 0 Å². The summed E-state index contributed by atoms with van der Waals surface area (Å²) in [7, 11) is 1.60. The number of hydrogen-bond donors (Lipinski definition) is 1. The number of benzene rings is 2. The summed E-state index contributed by atoms with van der Waals surface area (Å²) < 4.78 is 16.0. The van der Waals surface area contributed by atoms with E-state index in [1.807, 2.05) is 30.3 Å². The maximum absolute atomic E-state index is 13.0. The highest BCUT2D eigenvalue weighted by molar-refractivity contribution is 6.04. The summed E-state index contributed by atoms with van der Waals surface area (Å²) >= 11 is 0. The summed E-state index contributed by atoms with van der Waals surface area (Å²) in [5.74, 6) is 0.174. The van der Waals surface area contributed by atoms with E-state index in [2.05, 4.69) is 15.3 Å². The highest BCUT2D eigenvalue weighted by Crippen LogP contribution is 2.33. The Kier molecular flexibility index (Phi) is 5.35. The molecule has 2 aromatic heterocycles. The fraction of sp³-hybridized carbons (Fsp3) is 0.167. The Bertz CT molecular complexity index is 1320. The molecule has 0 saturated heterocycles. The number of nitrogens with one attached hydrogen (secondary N) is 1. The molecule has 1 aliphatic heterocycles. The molecule has 2 aromatic carbocycles. The molecule has 0 saturated carbocycles. The highest BCUT2D eigenvalue weighted by Gasteiger charge is 2.35. The van der Waals surface area contributed by atoms with Crippen molar-refractivity contribution in [2.45, 2.75) is 12.5 Å². The average Bonchev–Trinajstić information content (AvgIpc) is 3.61. The molecule has 1 aliphatic rings. The molecule has 33 heavy (non-hydrogen) atoms. The van der Waals surface area contributed by atoms with E-state index in [4.69, 9.17) is 13.9 Å². The van der Waals surface area contributed by atoms with Crippen molar-refractivity contribution in [3.63, 3.8) is 0 Å². The number of H-pyrrole nitrogens is 1. The van der Waals surface area contributed by atoms with E-state index in [-0.39, 0.29) is 5.69 Å². The van der Waals surface area contributed by atoms with Crippen molar-refractivity contribution < 1.29 is 23.5 Å². The first-order valence-corrected chi connectivity index (χ1v) is 10.3. The van der Waals surface area contributed by atoms with Crippen molar-refractivity contribution in [2.75, 3.05) is 13.7 Å². The summed E-state index contributed by atoms with van der Waals surface area (Å²) in [4.78, 5) is 25.6. The van der Waals surface area contributed by atoms with Crippen LogP contribution in [0, 0.1) is 0 Å². The molecule has 3 heterocycles. The molecule has 0 fully saturated rings. The van der Waals surface area contributed by atoms with Gasteiger partial charge in [0.05, 0.1) is 24.6 Å². The molecule has 1 amide bonds. The third-order valence-corrected chi connectivity index (χ3v) is 5.45. The van der Waals surface area contributed by atoms with Gasteiger partial charge in [0.1, 0.15) is 17.6 Å². The van der Waals surface area contributed by atoms with Crippen LogP contribution in [-0.4, -0.2) is 46.5 Å². The predicted octanol–water partition coefficient (Wildman–Crippen LogP) is 3.70. The molecule has 9 nitrogen and oxygen atoms in total. The molecule has 0 aliphatic carbocycles. The normalized spacial score (nSPS) is 15.5. The lowest BCUT2D eigenvalue weighted by Gasteiger charge is -2.19. The first kappa shape index (κ1) is 20.5. The largest absolute Gasteiger partial charge is 0.497 e. The number of esters is 1. The molecule has 9 heteroatoms. The molecule has 1 atom stereocenters. The Morgan fingerprint density at radius 2 is 1.94 bits per heavy atom. The van der Waals surface area contributed by atoms with Crippen LogP contribution < -0.4 is 4.74 Å². The number of hydrogen-bond acceptors (Lipinski definition) is 7. The second kappa shape index (κ2) is 8.62. The number of para-hydroxylation sites is 1. The molecule has 0 unspecified atom stereocenters. The average molecular weight is 444 g/mol. The Morgan fingerprint density at radius 3 is 2.70 bits per heavy atom. The Hall–Kier alpha value is -4.40. The van der Waals surface area contributed by atoms with E-state index in [0.29, 0.717) is 23.1 Å². The minimum absolute atomic E-state index is 0.129. The summed E-state index contributed by atoms with van der Waals surface area (Å²) in [5, 5.41) is 13.3. The summed E-state index contributed by atoms with van der Waals surface area (Å²) in [6.45, 7) is -0.476. The molecule has 4 aromatic rings. The summed E-state index contributed by atoms with van der Waals surface area (Å²) in [5.41, 5.74) is 2.42. The van der Waals surface area contributed by atoms with Gasteiger partial charge in [-0.25, -0.2) is 9.80 Å². The van der Waals surface area contributed by atoms with Gasteiger partial charge in [0, 0.05) is 11.8 Å². The highest BCUT2D eigenvalue weighted by atomic mass is 16.5. The second-order valence-electron chi connectivity index (χ2n) is 7.44. The van der Waals surface area contributed by atoms with E-state index in [1.165, 1.54) is 5.01 Å². The summed E-state index contributed by atoms with van der Waals surface area (Å²) in [6, 6.07) is 17.7. The number of furan rings is 1. The SMILES string of the molecule is COc1ccc(C2=NN(C(=O)COC(=O)c3n[nH]c4ccccc34)[C@@H](c3ccco3)C2)cc1. The number of ether oxygens (including phenoxy) is 2. The van der Waals surface area contributed by atoms with Crippen LogP contribution in [0.15, 0.2) is 76.4 Å². The number of rotatable bonds is 6. The number of aromatic amines is 1. The quantitative estimate of drug-likeness (QED) is 0.454. The fourth-order valence-corrected chi connectivity index (χ4v) is 3.78. The molecule has 166 valence electrons. The van der Waals surface area contributed by atoms with Gasteiger partial charge >= 0.3 is 5.97 Å². The van der Waals surface area contributed by atoms with Crippen LogP contribution in [-0.2, 0) is 9.53 Å². The zero-order valence-electron chi connectivity index (χ0n) is 17.7. The van der Waals surface area contributed by atoms with Crippen LogP contribution in [0.4, 0.5) is 0 Å². The van der Waals surface area contributed by atoms with Crippen molar-refractivity contribution in [2.24, 2.45) is 5.10 Å². The molecule has 0 bridgehead atoms. The van der Waals surface area contributed by atoms with Gasteiger partial charge in [-0.3, -0.25) is 9.89 Å². The van der Waals surface area contributed by atoms with Crippen LogP contribution in [0.2, 0.25) is 0 Å². The predicted molar refractivity (Wildman–Crippen MR) is 119 cm³/mol. The summed E-state index contributed by atoms with van der Waals surface area (Å²) in [6.07, 6.45) is 2.01. The van der Waals surface area contributed by atoms with Crippen molar-refractivity contribution in [1.82, 2.24) is 15.2 Å². The van der Waals surface area contributed by atoms with Crippen LogP contribution in [0.5, 0.6) is 5.75 Å². The number of carbonyl (C=O) groups is 2. The maximum atomic E-state index is 13.0. The fourth-order valence-electron chi connectivity index (χ4n) is 3.78. The van der Waals surface area contributed by atoms with Gasteiger partial charge in [-0.1, -0.05) is 18.2 Å². The number of fused-ring (bicyclic) bond motifs is 1. The zero-order valence-corrected chi connectivity index (χ0v) is 17.7. The van der Waals surface area contributed by atoms with Gasteiger partial charge < -0.3 is 13.9 Å². The standard InChI is InChI=1S/C24H20N4O5/c1-31-16-10-8-15(9-11-16)19-13-20(21-7-4-12-32-21)28(27-19)22(29)14-33-24(30)23-17-5-2-3-6-18(17)25-26-23/h2-12,20H,13-14H2,1H3,(H,25,26)/t20-/m1/s1. The van der Waals surface area contributed by atoms with E-state index in [9.17, 15) is 9.59 Å². The first-order valence-electron chi connectivity index (χ1n) is 10.3. The molecule has 0 radical (unpaired) electrons. The smallest absolute Gasteiger partial charge is 0.359 e. The van der Waals surface area contributed by atoms with Gasteiger partial charge in [0.25, 0.3) is 5.91 Å². The van der Waals surface area contributed by atoms with Gasteiger partial charge in [-0.15, -0.1) is 0 Å². The molecular formula is C24H20N4O5. The van der Waals surface area contributed by atoms with Crippen LogP contribution in [0.1, 0.15) is 34.3 Å². The third kappa shape index (κ3) is 3.96. The van der Waals surface area contributed by atoms with Crippen molar-refractivity contribution in [1.29, 1.82) is 0 Å². The number of aromatic nitrogens is 2. The monoisotopic (exact) mass is 444 g/mol. The lowest BCUT2D eigenvalue weighted by molar-refractivity contribution is -0.136. The number of methoxy groups -OCH3 is 1. The number of nitrogens with zero attached hydrogens (tertiary/aromatic N) is 3. The van der Waals surface area contributed by atoms with Crippen molar-refractivity contribution in [3.05, 3.63) is 83.9 Å². The van der Waals surface area contributed by atoms with Crippen molar-refractivity contribution >= 4 is 28.5 Å². The lowest BCUT2D eigenvalue weighted by atomic mass is 10.0. The van der Waals surface area contributed by atoms with E-state index in [0.717, 1.165) is 17.0 Å². The number of carbonyl (C=O) groups excluding carboxylic acids is 2. The van der Waals surface area contributed by atoms with Crippen LogP contribution in [0.25, 0.3) is 10.9 Å². The zero-order chi connectivity index (χ0) is 22.8. The van der Waals surface area contributed by atoms with E-state index < -0.39 is 24.5 Å². The molecule has 5 rings (SSSR count). The minimum atomic E-state index is -0.686. The molecule has 0 spiro atoms.